The molecule has 2 rings (SSSR count). The molecule has 0 N–H and O–H groups in total. The molecule has 0 bridgehead atoms. The molecule has 0 spiro atoms. The summed E-state index contributed by atoms with van der Waals surface area (Å²) in [5, 5.41) is 0. The average Bonchev–Trinajstić information content (AvgIpc) is 2.72. The Morgan fingerprint density at radius 3 is 2.16 bits per heavy atom. The molecular weight excluding hydrogens is 420 g/mol. The fourth-order valence-corrected chi connectivity index (χ4v) is 4.56. The fraction of sp³-hybridized carbons (Fsp3) is 0.304. The summed E-state index contributed by atoms with van der Waals surface area (Å²) in [7, 11) is -2.79. The van der Waals surface area contributed by atoms with Gasteiger partial charge in [-0.2, -0.15) is 0 Å². The number of sulfone groups is 1. The molecule has 0 aromatic heterocycles. The van der Waals surface area contributed by atoms with Crippen LogP contribution in [0.5, 0.6) is 5.75 Å². The Kier molecular flexibility index (Phi) is 7.99. The van der Waals surface area contributed by atoms with Crippen molar-refractivity contribution in [1.29, 1.82) is 0 Å². The van der Waals surface area contributed by atoms with Gasteiger partial charge in [-0.05, 0) is 49.8 Å². The van der Waals surface area contributed by atoms with Gasteiger partial charge in [0.15, 0.2) is 0 Å². The van der Waals surface area contributed by atoms with Crippen LogP contribution in [0.25, 0.3) is 6.08 Å². The normalized spacial score (nSPS) is 13.4. The van der Waals surface area contributed by atoms with Gasteiger partial charge in [-0.1, -0.05) is 35.9 Å². The number of esters is 2. The van der Waals surface area contributed by atoms with Crippen LogP contribution in [0.15, 0.2) is 59.5 Å². The summed E-state index contributed by atoms with van der Waals surface area (Å²) in [6.07, 6.45) is 2.00. The standard InChI is InChI=1S/C23H26O7S/c1-5-29-22(25)16-23(30-18(3)24,15-14-19-8-10-20(28-4)11-9-19)31(26,27)21-12-6-17(2)7-13-21/h6-15H,5,16H2,1-4H3/b15-14-. The second-order valence-corrected chi connectivity index (χ2v) is 8.98. The van der Waals surface area contributed by atoms with Crippen molar-refractivity contribution in [1.82, 2.24) is 0 Å². The van der Waals surface area contributed by atoms with Crippen molar-refractivity contribution in [3.05, 3.63) is 65.7 Å². The molecule has 1 unspecified atom stereocenters. The van der Waals surface area contributed by atoms with Crippen molar-refractivity contribution >= 4 is 27.9 Å². The lowest BCUT2D eigenvalue weighted by Gasteiger charge is -2.29. The predicted octanol–water partition coefficient (Wildman–Crippen LogP) is 3.70. The highest BCUT2D eigenvalue weighted by molar-refractivity contribution is 7.93. The third-order valence-corrected chi connectivity index (χ3v) is 6.61. The molecule has 8 heteroatoms. The Morgan fingerprint density at radius 1 is 1.03 bits per heavy atom. The van der Waals surface area contributed by atoms with Crippen molar-refractivity contribution in [2.24, 2.45) is 0 Å². The number of rotatable bonds is 9. The van der Waals surface area contributed by atoms with Gasteiger partial charge in [0.1, 0.15) is 12.2 Å². The molecule has 2 aromatic rings. The molecule has 0 fully saturated rings. The SMILES string of the molecule is CCOC(=O)CC(/C=C\c1ccc(OC)cc1)(OC(C)=O)S(=O)(=O)c1ccc(C)cc1. The number of hydrogen-bond donors (Lipinski definition) is 0. The summed E-state index contributed by atoms with van der Waals surface area (Å²) in [4.78, 5) is 21.9. The highest BCUT2D eigenvalue weighted by Gasteiger charge is 2.48. The molecule has 2 aromatic carbocycles. The molecular formula is C23H26O7S. The predicted molar refractivity (Wildman–Crippen MR) is 116 cm³/mol. The molecule has 31 heavy (non-hydrogen) atoms. The first-order valence-corrected chi connectivity index (χ1v) is 11.1. The van der Waals surface area contributed by atoms with E-state index in [-0.39, 0.29) is 11.5 Å². The summed E-state index contributed by atoms with van der Waals surface area (Å²) < 4.78 is 42.6. The van der Waals surface area contributed by atoms with E-state index in [0.29, 0.717) is 11.3 Å². The number of carbonyl (C=O) groups is 2. The fourth-order valence-electron chi connectivity index (χ4n) is 2.88. The third kappa shape index (κ3) is 5.95. The van der Waals surface area contributed by atoms with Crippen LogP contribution in [0.2, 0.25) is 0 Å². The molecule has 0 saturated carbocycles. The molecule has 7 nitrogen and oxygen atoms in total. The van der Waals surface area contributed by atoms with Crippen molar-refractivity contribution in [3.63, 3.8) is 0 Å². The highest BCUT2D eigenvalue weighted by atomic mass is 32.2. The average molecular weight is 447 g/mol. The third-order valence-electron chi connectivity index (χ3n) is 4.44. The molecule has 0 heterocycles. The maximum atomic E-state index is 13.6. The zero-order valence-electron chi connectivity index (χ0n) is 18.0. The first-order chi connectivity index (χ1) is 14.6. The van der Waals surface area contributed by atoms with Gasteiger partial charge in [0, 0.05) is 6.92 Å². The zero-order chi connectivity index (χ0) is 23.1. The van der Waals surface area contributed by atoms with Crippen LogP contribution >= 0.6 is 0 Å². The Labute approximate surface area is 182 Å². The maximum absolute atomic E-state index is 13.6. The molecule has 0 aliphatic carbocycles. The van der Waals surface area contributed by atoms with Crippen molar-refractivity contribution in [3.8, 4) is 5.75 Å². The summed E-state index contributed by atoms with van der Waals surface area (Å²) >= 11 is 0. The second-order valence-electron chi connectivity index (χ2n) is 6.81. The molecule has 1 atom stereocenters. The van der Waals surface area contributed by atoms with E-state index in [1.165, 1.54) is 31.4 Å². The smallest absolute Gasteiger partial charge is 0.311 e. The van der Waals surface area contributed by atoms with Crippen LogP contribution in [0.1, 0.15) is 31.4 Å². The van der Waals surface area contributed by atoms with Gasteiger partial charge >= 0.3 is 11.9 Å². The Bertz CT molecular complexity index is 1040. The second kappa shape index (κ2) is 10.3. The van der Waals surface area contributed by atoms with Gasteiger partial charge in [-0.25, -0.2) is 8.42 Å². The first kappa shape index (κ1) is 24.1. The van der Waals surface area contributed by atoms with E-state index in [9.17, 15) is 18.0 Å². The minimum atomic E-state index is -4.33. The largest absolute Gasteiger partial charge is 0.497 e. The number of hydrogen-bond acceptors (Lipinski definition) is 7. The van der Waals surface area contributed by atoms with Crippen LogP contribution in [-0.4, -0.2) is 39.0 Å². The van der Waals surface area contributed by atoms with Gasteiger partial charge in [0.2, 0.25) is 14.8 Å². The van der Waals surface area contributed by atoms with Crippen molar-refractivity contribution < 1.29 is 32.2 Å². The van der Waals surface area contributed by atoms with E-state index in [1.54, 1.807) is 43.3 Å². The lowest BCUT2D eigenvalue weighted by molar-refractivity contribution is -0.153. The number of aryl methyl sites for hydroxylation is 1. The lowest BCUT2D eigenvalue weighted by Crippen LogP contribution is -2.43. The maximum Gasteiger partial charge on any atom is 0.311 e. The van der Waals surface area contributed by atoms with E-state index >= 15 is 0 Å². The van der Waals surface area contributed by atoms with E-state index < -0.39 is 33.1 Å². The van der Waals surface area contributed by atoms with Crippen LogP contribution in [0.3, 0.4) is 0 Å². The topological polar surface area (TPSA) is 96.0 Å². The Morgan fingerprint density at radius 2 is 1.65 bits per heavy atom. The van der Waals surface area contributed by atoms with Gasteiger partial charge < -0.3 is 14.2 Å². The van der Waals surface area contributed by atoms with Crippen LogP contribution < -0.4 is 4.74 Å². The molecule has 0 saturated heterocycles. The number of carbonyl (C=O) groups excluding carboxylic acids is 2. The van der Waals surface area contributed by atoms with E-state index in [2.05, 4.69) is 0 Å². The summed E-state index contributed by atoms with van der Waals surface area (Å²) in [6, 6.07) is 12.9. The molecule has 166 valence electrons. The summed E-state index contributed by atoms with van der Waals surface area (Å²) in [5.74, 6) is -1.03. The van der Waals surface area contributed by atoms with Crippen LogP contribution in [-0.2, 0) is 28.9 Å². The van der Waals surface area contributed by atoms with Crippen LogP contribution in [0.4, 0.5) is 0 Å². The molecule has 0 amide bonds. The quantitative estimate of drug-likeness (QED) is 0.542. The van der Waals surface area contributed by atoms with Crippen LogP contribution in [0, 0.1) is 6.92 Å². The van der Waals surface area contributed by atoms with Gasteiger partial charge in [0.05, 0.1) is 18.6 Å². The van der Waals surface area contributed by atoms with Gasteiger partial charge in [-0.3, -0.25) is 9.59 Å². The minimum Gasteiger partial charge on any atom is -0.497 e. The highest BCUT2D eigenvalue weighted by Crippen LogP contribution is 2.34. The van der Waals surface area contributed by atoms with E-state index in [4.69, 9.17) is 14.2 Å². The summed E-state index contributed by atoms with van der Waals surface area (Å²) in [5.41, 5.74) is 1.48. The number of benzene rings is 2. The molecule has 0 aliphatic rings. The molecule has 0 radical (unpaired) electrons. The number of methoxy groups -OCH3 is 1. The summed E-state index contributed by atoms with van der Waals surface area (Å²) in [6.45, 7) is 4.57. The van der Waals surface area contributed by atoms with Gasteiger partial charge in [-0.15, -0.1) is 0 Å². The Hall–Kier alpha value is -3.13. The van der Waals surface area contributed by atoms with Gasteiger partial charge in [0.25, 0.3) is 0 Å². The minimum absolute atomic E-state index is 0.0573. The monoisotopic (exact) mass is 446 g/mol. The zero-order valence-corrected chi connectivity index (χ0v) is 18.8. The Balaban J connectivity index is 2.63. The first-order valence-electron chi connectivity index (χ1n) is 9.63. The van der Waals surface area contributed by atoms with Crippen molar-refractivity contribution in [2.45, 2.75) is 37.0 Å². The van der Waals surface area contributed by atoms with E-state index in [1.807, 2.05) is 6.92 Å². The lowest BCUT2D eigenvalue weighted by atomic mass is 10.1. The van der Waals surface area contributed by atoms with E-state index in [0.717, 1.165) is 12.5 Å². The molecule has 0 aliphatic heterocycles. The number of ether oxygens (including phenoxy) is 3. The van der Waals surface area contributed by atoms with Crippen molar-refractivity contribution in [2.75, 3.05) is 13.7 Å².